The Morgan fingerprint density at radius 2 is 1.67 bits per heavy atom. The summed E-state index contributed by atoms with van der Waals surface area (Å²) in [6.45, 7) is 4.16. The van der Waals surface area contributed by atoms with E-state index in [9.17, 15) is 14.4 Å². The molecule has 222 valence electrons. The Balaban J connectivity index is 1.44. The molecule has 0 radical (unpaired) electrons. The van der Waals surface area contributed by atoms with Crippen molar-refractivity contribution in [2.45, 2.75) is 69.7 Å². The van der Waals surface area contributed by atoms with E-state index in [1.165, 1.54) is 41.3 Å². The highest BCUT2D eigenvalue weighted by molar-refractivity contribution is 9.10. The minimum atomic E-state index is -3.79. The molecular formula is C32H34BrF2N3O4. The number of nitrogens with one attached hydrogen (secondary N) is 1. The fourth-order valence-electron chi connectivity index (χ4n) is 6.21. The molecule has 4 atom stereocenters. The van der Waals surface area contributed by atoms with Crippen molar-refractivity contribution in [3.05, 3.63) is 76.3 Å². The Morgan fingerprint density at radius 1 is 1.00 bits per heavy atom. The minimum Gasteiger partial charge on any atom is -0.491 e. The van der Waals surface area contributed by atoms with Crippen molar-refractivity contribution in [1.82, 2.24) is 10.2 Å². The number of piperidine rings is 1. The number of nitrogens with two attached hydrogens (primary N) is 1. The van der Waals surface area contributed by atoms with E-state index in [1.54, 1.807) is 18.2 Å². The fourth-order valence-corrected chi connectivity index (χ4v) is 6.47. The Morgan fingerprint density at radius 3 is 2.36 bits per heavy atom. The van der Waals surface area contributed by atoms with E-state index >= 15 is 8.78 Å². The summed E-state index contributed by atoms with van der Waals surface area (Å²) in [6, 6.07) is 12.5. The quantitative estimate of drug-likeness (QED) is 0.235. The number of halogens is 3. The van der Waals surface area contributed by atoms with Crippen molar-refractivity contribution in [3.63, 3.8) is 0 Å². The van der Waals surface area contributed by atoms with E-state index < -0.39 is 35.1 Å². The van der Waals surface area contributed by atoms with Gasteiger partial charge in [0, 0.05) is 27.7 Å². The Kier molecular flexibility index (Phi) is 8.66. The predicted molar refractivity (Wildman–Crippen MR) is 159 cm³/mol. The number of ether oxygens (including phenoxy) is 1. The lowest BCUT2D eigenvalue weighted by molar-refractivity contribution is -0.153. The van der Waals surface area contributed by atoms with E-state index in [1.807, 2.05) is 19.9 Å². The van der Waals surface area contributed by atoms with Crippen LogP contribution in [0.4, 0.5) is 8.78 Å². The summed E-state index contributed by atoms with van der Waals surface area (Å²) in [5.41, 5.74) is 5.54. The molecule has 5 rings (SSSR count). The molecule has 4 unspecified atom stereocenters. The van der Waals surface area contributed by atoms with Crippen LogP contribution in [0.1, 0.15) is 55.5 Å². The number of carbonyl (C=O) groups excluding carboxylic acids is 3. The SMILES string of the molecule is CC(C)Oc1ccc2cc(C(=O)C(=O)NC(C(=O)N3C4CCC(CN)C3CC4)C(F)(F)c3ccc(Br)cc3)ccc2c1. The number of benzene rings is 3. The van der Waals surface area contributed by atoms with Gasteiger partial charge >= 0.3 is 5.92 Å². The van der Waals surface area contributed by atoms with Crippen LogP contribution < -0.4 is 15.8 Å². The van der Waals surface area contributed by atoms with Gasteiger partial charge in [0.1, 0.15) is 5.75 Å². The third-order valence-corrected chi connectivity index (χ3v) is 8.81. The maximum Gasteiger partial charge on any atom is 0.302 e. The van der Waals surface area contributed by atoms with Crippen molar-refractivity contribution in [2.75, 3.05) is 6.54 Å². The first-order valence-corrected chi connectivity index (χ1v) is 15.0. The topological polar surface area (TPSA) is 102 Å². The molecule has 3 aromatic rings. The number of ketones is 1. The van der Waals surface area contributed by atoms with E-state index in [-0.39, 0.29) is 29.7 Å². The first-order chi connectivity index (χ1) is 20.0. The van der Waals surface area contributed by atoms with Crippen molar-refractivity contribution in [2.24, 2.45) is 11.7 Å². The van der Waals surface area contributed by atoms with Crippen molar-refractivity contribution in [3.8, 4) is 5.75 Å². The zero-order chi connectivity index (χ0) is 30.2. The molecule has 2 bridgehead atoms. The smallest absolute Gasteiger partial charge is 0.302 e. The van der Waals surface area contributed by atoms with Gasteiger partial charge in [-0.05, 0) is 93.1 Å². The monoisotopic (exact) mass is 641 g/mol. The zero-order valence-electron chi connectivity index (χ0n) is 23.5. The first kappa shape index (κ1) is 30.1. The molecule has 3 N–H and O–H groups in total. The van der Waals surface area contributed by atoms with Crippen LogP contribution in [-0.4, -0.2) is 53.3 Å². The molecule has 0 saturated carbocycles. The van der Waals surface area contributed by atoms with Gasteiger partial charge in [0.15, 0.2) is 6.04 Å². The van der Waals surface area contributed by atoms with Gasteiger partial charge in [-0.3, -0.25) is 14.4 Å². The average molecular weight is 643 g/mol. The van der Waals surface area contributed by atoms with Gasteiger partial charge < -0.3 is 20.7 Å². The van der Waals surface area contributed by atoms with Crippen LogP contribution in [0.2, 0.25) is 0 Å². The lowest BCUT2D eigenvalue weighted by Gasteiger charge is -2.42. The van der Waals surface area contributed by atoms with Crippen molar-refractivity contribution >= 4 is 44.3 Å². The summed E-state index contributed by atoms with van der Waals surface area (Å²) >= 11 is 3.24. The highest BCUT2D eigenvalue weighted by atomic mass is 79.9. The molecule has 0 spiro atoms. The van der Waals surface area contributed by atoms with E-state index in [4.69, 9.17) is 10.5 Å². The van der Waals surface area contributed by atoms with E-state index in [0.717, 1.165) is 11.8 Å². The number of rotatable bonds is 9. The summed E-state index contributed by atoms with van der Waals surface area (Å²) in [5.74, 6) is -6.32. The number of carbonyl (C=O) groups is 3. The standard InChI is InChI=1S/C32H34BrF2N3O4/c1-18(2)42-26-13-6-19-15-21(4-3-20(19)16-26)28(39)30(40)37-29(32(34,35)23-7-9-24(33)10-8-23)31(41)38-25-11-5-22(17-36)27(38)14-12-25/h3-4,6-10,13,15-16,18,22,25,27,29H,5,11-12,14,17,36H2,1-2H3,(H,37,40). The van der Waals surface area contributed by atoms with Crippen molar-refractivity contribution in [1.29, 1.82) is 0 Å². The van der Waals surface area contributed by atoms with Crippen LogP contribution in [0.15, 0.2) is 65.1 Å². The number of Topliss-reactive ketones (excluding diaryl/α,β-unsaturated/α-hetero) is 1. The number of nitrogens with zero attached hydrogens (tertiary/aromatic N) is 1. The molecular weight excluding hydrogens is 608 g/mol. The molecule has 3 aromatic carbocycles. The third kappa shape index (κ3) is 5.92. The van der Waals surface area contributed by atoms with Crippen LogP contribution >= 0.6 is 15.9 Å². The number of alkyl halides is 2. The zero-order valence-corrected chi connectivity index (χ0v) is 25.1. The molecule has 2 aliphatic heterocycles. The lowest BCUT2D eigenvalue weighted by atomic mass is 9.88. The maximum absolute atomic E-state index is 16.1. The number of hydrogen-bond donors (Lipinski definition) is 2. The highest BCUT2D eigenvalue weighted by Gasteiger charge is 2.53. The normalized spacial score (nSPS) is 20.9. The number of amides is 2. The van der Waals surface area contributed by atoms with Crippen LogP contribution in [-0.2, 0) is 15.5 Å². The minimum absolute atomic E-state index is 0.00367. The Hall–Kier alpha value is -3.37. The summed E-state index contributed by atoms with van der Waals surface area (Å²) in [7, 11) is 0. The van der Waals surface area contributed by atoms with Crippen LogP contribution in [0.3, 0.4) is 0 Å². The van der Waals surface area contributed by atoms with E-state index in [0.29, 0.717) is 41.4 Å². The molecule has 2 heterocycles. The van der Waals surface area contributed by atoms with Gasteiger partial charge in [0.05, 0.1) is 6.10 Å². The molecule has 2 saturated heterocycles. The lowest BCUT2D eigenvalue weighted by Crippen LogP contribution is -2.61. The molecule has 2 fully saturated rings. The average Bonchev–Trinajstić information content (AvgIpc) is 3.27. The van der Waals surface area contributed by atoms with E-state index in [2.05, 4.69) is 21.2 Å². The first-order valence-electron chi connectivity index (χ1n) is 14.2. The third-order valence-electron chi connectivity index (χ3n) is 8.28. The van der Waals surface area contributed by atoms with Crippen LogP contribution in [0.5, 0.6) is 5.75 Å². The summed E-state index contributed by atoms with van der Waals surface area (Å²) in [6.07, 6.45) is 2.83. The van der Waals surface area contributed by atoms with Gasteiger partial charge in [-0.15, -0.1) is 0 Å². The largest absolute Gasteiger partial charge is 0.491 e. The van der Waals surface area contributed by atoms with Gasteiger partial charge in [-0.25, -0.2) is 0 Å². The maximum atomic E-state index is 16.1. The summed E-state index contributed by atoms with van der Waals surface area (Å²) < 4.78 is 38.6. The summed E-state index contributed by atoms with van der Waals surface area (Å²) in [5, 5.41) is 3.62. The molecule has 2 amide bonds. The second-order valence-corrected chi connectivity index (χ2v) is 12.3. The summed E-state index contributed by atoms with van der Waals surface area (Å²) in [4.78, 5) is 42.0. The van der Waals surface area contributed by atoms with Gasteiger partial charge in [-0.1, -0.05) is 46.3 Å². The highest BCUT2D eigenvalue weighted by Crippen LogP contribution is 2.42. The molecule has 7 nitrogen and oxygen atoms in total. The predicted octanol–water partition coefficient (Wildman–Crippen LogP) is 5.58. The van der Waals surface area contributed by atoms with Crippen molar-refractivity contribution < 1.29 is 27.9 Å². The number of hydrogen-bond acceptors (Lipinski definition) is 5. The van der Waals surface area contributed by atoms with Crippen LogP contribution in [0, 0.1) is 5.92 Å². The molecule has 0 aliphatic carbocycles. The second-order valence-electron chi connectivity index (χ2n) is 11.4. The Bertz CT molecular complexity index is 1500. The molecule has 10 heteroatoms. The molecule has 0 aromatic heterocycles. The molecule has 2 aliphatic rings. The van der Waals surface area contributed by atoms with Gasteiger partial charge in [0.25, 0.3) is 11.8 Å². The Labute approximate surface area is 251 Å². The number of fused-ring (bicyclic) bond motifs is 3. The van der Waals surface area contributed by atoms with Gasteiger partial charge in [-0.2, -0.15) is 8.78 Å². The molecule has 42 heavy (non-hydrogen) atoms. The second kappa shape index (κ2) is 12.1. The fraction of sp³-hybridized carbons (Fsp3) is 0.406. The van der Waals surface area contributed by atoms with Crippen LogP contribution in [0.25, 0.3) is 10.8 Å². The van der Waals surface area contributed by atoms with Gasteiger partial charge in [0.2, 0.25) is 5.78 Å².